The Hall–Kier alpha value is -2.49. The van der Waals surface area contributed by atoms with Crippen LogP contribution in [0.1, 0.15) is 23.5 Å². The zero-order valence-electron chi connectivity index (χ0n) is 16.2. The molecule has 9 heteroatoms. The van der Waals surface area contributed by atoms with E-state index in [0.717, 1.165) is 11.3 Å². The SMILES string of the molecule is CCN(CC)S(=O)(=O)c1ccc(OC)c(NC(=O)c2cc3c(F)cccc3s2)c1. The number of hydrogen-bond acceptors (Lipinski definition) is 5. The normalized spacial score (nSPS) is 11.8. The Labute approximate surface area is 173 Å². The zero-order valence-corrected chi connectivity index (χ0v) is 17.9. The fourth-order valence-electron chi connectivity index (χ4n) is 2.98. The van der Waals surface area contributed by atoms with E-state index >= 15 is 0 Å². The van der Waals surface area contributed by atoms with Gasteiger partial charge in [0.25, 0.3) is 5.91 Å². The zero-order chi connectivity index (χ0) is 21.2. The fourth-order valence-corrected chi connectivity index (χ4v) is 5.43. The lowest BCUT2D eigenvalue weighted by Crippen LogP contribution is -2.30. The summed E-state index contributed by atoms with van der Waals surface area (Å²) in [6.45, 7) is 4.18. The molecule has 0 fully saturated rings. The van der Waals surface area contributed by atoms with Crippen molar-refractivity contribution in [1.82, 2.24) is 4.31 Å². The van der Waals surface area contributed by atoms with Gasteiger partial charge in [-0.25, -0.2) is 12.8 Å². The quantitative estimate of drug-likeness (QED) is 0.598. The number of fused-ring (bicyclic) bond motifs is 1. The van der Waals surface area contributed by atoms with Crippen LogP contribution in [0.15, 0.2) is 47.4 Å². The second kappa shape index (κ2) is 8.48. The predicted octanol–water partition coefficient (Wildman–Crippen LogP) is 4.33. The van der Waals surface area contributed by atoms with Crippen LogP contribution in [0.4, 0.5) is 10.1 Å². The van der Waals surface area contributed by atoms with Gasteiger partial charge in [-0.05, 0) is 36.4 Å². The number of methoxy groups -OCH3 is 1. The van der Waals surface area contributed by atoms with Crippen LogP contribution in [0.2, 0.25) is 0 Å². The summed E-state index contributed by atoms with van der Waals surface area (Å²) in [5.74, 6) is -0.548. The molecule has 0 aliphatic carbocycles. The molecule has 0 aliphatic heterocycles. The number of rotatable bonds is 7. The second-order valence-corrected chi connectivity index (χ2v) is 9.19. The molecule has 2 aromatic carbocycles. The van der Waals surface area contributed by atoms with Crippen LogP contribution in [0.3, 0.4) is 0 Å². The van der Waals surface area contributed by atoms with Crippen LogP contribution in [0, 0.1) is 5.82 Å². The molecule has 0 radical (unpaired) electrons. The van der Waals surface area contributed by atoms with E-state index in [1.54, 1.807) is 26.0 Å². The molecule has 0 saturated carbocycles. The van der Waals surface area contributed by atoms with Crippen molar-refractivity contribution in [3.8, 4) is 5.75 Å². The van der Waals surface area contributed by atoms with Gasteiger partial charge in [0.1, 0.15) is 11.6 Å². The summed E-state index contributed by atoms with van der Waals surface area (Å²) >= 11 is 1.15. The highest BCUT2D eigenvalue weighted by Crippen LogP contribution is 2.32. The lowest BCUT2D eigenvalue weighted by Gasteiger charge is -2.19. The fraction of sp³-hybridized carbons (Fsp3) is 0.250. The minimum atomic E-state index is -3.70. The first-order chi connectivity index (χ1) is 13.8. The van der Waals surface area contributed by atoms with Crippen molar-refractivity contribution in [3.05, 3.63) is 53.2 Å². The summed E-state index contributed by atoms with van der Waals surface area (Å²) < 4.78 is 46.7. The topological polar surface area (TPSA) is 75.7 Å². The summed E-state index contributed by atoms with van der Waals surface area (Å²) in [5.41, 5.74) is 0.226. The third-order valence-corrected chi connectivity index (χ3v) is 7.64. The Balaban J connectivity index is 1.96. The van der Waals surface area contributed by atoms with Crippen molar-refractivity contribution >= 4 is 43.0 Å². The number of sulfonamides is 1. The summed E-state index contributed by atoms with van der Waals surface area (Å²) in [4.78, 5) is 13.1. The summed E-state index contributed by atoms with van der Waals surface area (Å²) in [7, 11) is -2.27. The average Bonchev–Trinajstić information content (AvgIpc) is 3.14. The van der Waals surface area contributed by atoms with E-state index in [1.807, 2.05) is 0 Å². The third kappa shape index (κ3) is 4.12. The van der Waals surface area contributed by atoms with Gasteiger partial charge < -0.3 is 10.1 Å². The van der Waals surface area contributed by atoms with Crippen molar-refractivity contribution in [3.63, 3.8) is 0 Å². The molecular formula is C20H21FN2O4S2. The van der Waals surface area contributed by atoms with Crippen molar-refractivity contribution in [2.75, 3.05) is 25.5 Å². The van der Waals surface area contributed by atoms with E-state index in [0.29, 0.717) is 33.8 Å². The van der Waals surface area contributed by atoms with Gasteiger partial charge in [0, 0.05) is 23.2 Å². The second-order valence-electron chi connectivity index (χ2n) is 6.17. The minimum absolute atomic E-state index is 0.0553. The van der Waals surface area contributed by atoms with E-state index in [2.05, 4.69) is 5.32 Å². The number of hydrogen-bond donors (Lipinski definition) is 1. The summed E-state index contributed by atoms with van der Waals surface area (Å²) in [5, 5.41) is 3.05. The monoisotopic (exact) mass is 436 g/mol. The van der Waals surface area contributed by atoms with Crippen LogP contribution in [0.25, 0.3) is 10.1 Å². The molecule has 1 amide bonds. The predicted molar refractivity (Wildman–Crippen MR) is 113 cm³/mol. The van der Waals surface area contributed by atoms with E-state index in [-0.39, 0.29) is 10.6 Å². The van der Waals surface area contributed by atoms with Gasteiger partial charge in [0.05, 0.1) is 22.6 Å². The van der Waals surface area contributed by atoms with Gasteiger partial charge in [-0.3, -0.25) is 4.79 Å². The molecule has 0 atom stereocenters. The molecular weight excluding hydrogens is 415 g/mol. The summed E-state index contributed by atoms with van der Waals surface area (Å²) in [6, 6.07) is 10.4. The lowest BCUT2D eigenvalue weighted by atomic mass is 10.2. The molecule has 0 spiro atoms. The largest absolute Gasteiger partial charge is 0.495 e. The average molecular weight is 437 g/mol. The number of anilines is 1. The van der Waals surface area contributed by atoms with Crippen LogP contribution >= 0.6 is 11.3 Å². The number of carbonyl (C=O) groups excluding carboxylic acids is 1. The van der Waals surface area contributed by atoms with Gasteiger partial charge in [-0.15, -0.1) is 11.3 Å². The molecule has 3 rings (SSSR count). The molecule has 1 aromatic heterocycles. The molecule has 0 aliphatic rings. The molecule has 29 heavy (non-hydrogen) atoms. The van der Waals surface area contributed by atoms with E-state index in [4.69, 9.17) is 4.74 Å². The molecule has 3 aromatic rings. The van der Waals surface area contributed by atoms with Gasteiger partial charge in [0.2, 0.25) is 10.0 Å². The molecule has 6 nitrogen and oxygen atoms in total. The van der Waals surface area contributed by atoms with Crippen molar-refractivity contribution in [2.24, 2.45) is 0 Å². The number of nitrogens with zero attached hydrogens (tertiary/aromatic N) is 1. The van der Waals surface area contributed by atoms with Crippen LogP contribution in [-0.4, -0.2) is 38.8 Å². The van der Waals surface area contributed by atoms with E-state index in [1.165, 1.54) is 41.7 Å². The summed E-state index contributed by atoms with van der Waals surface area (Å²) in [6.07, 6.45) is 0. The van der Waals surface area contributed by atoms with Crippen molar-refractivity contribution < 1.29 is 22.3 Å². The first-order valence-electron chi connectivity index (χ1n) is 8.99. The maximum absolute atomic E-state index is 13.9. The number of benzene rings is 2. The standard InChI is InChI=1S/C20H21FN2O4S2/c1-4-23(5-2)29(25,26)13-9-10-17(27-3)16(11-13)22-20(24)19-12-14-15(21)7-6-8-18(14)28-19/h6-12H,4-5H2,1-3H3,(H,22,24). The van der Waals surface area contributed by atoms with Crippen LogP contribution in [-0.2, 0) is 10.0 Å². The molecule has 0 saturated heterocycles. The number of halogens is 1. The minimum Gasteiger partial charge on any atom is -0.495 e. The maximum Gasteiger partial charge on any atom is 0.265 e. The van der Waals surface area contributed by atoms with Gasteiger partial charge in [0.15, 0.2) is 0 Å². The molecule has 154 valence electrons. The number of ether oxygens (including phenoxy) is 1. The van der Waals surface area contributed by atoms with Crippen molar-refractivity contribution in [1.29, 1.82) is 0 Å². The molecule has 0 bridgehead atoms. The number of carbonyl (C=O) groups is 1. The smallest absolute Gasteiger partial charge is 0.265 e. The Kier molecular flexibility index (Phi) is 6.21. The Morgan fingerprint density at radius 1 is 1.17 bits per heavy atom. The van der Waals surface area contributed by atoms with E-state index in [9.17, 15) is 17.6 Å². The number of amides is 1. The Morgan fingerprint density at radius 3 is 2.52 bits per heavy atom. The highest BCUT2D eigenvalue weighted by Gasteiger charge is 2.23. The number of nitrogens with one attached hydrogen (secondary N) is 1. The first kappa shape index (κ1) is 21.2. The van der Waals surface area contributed by atoms with E-state index < -0.39 is 21.7 Å². The molecule has 1 heterocycles. The molecule has 0 unspecified atom stereocenters. The highest BCUT2D eigenvalue weighted by molar-refractivity contribution is 7.89. The third-order valence-electron chi connectivity index (χ3n) is 4.49. The highest BCUT2D eigenvalue weighted by atomic mass is 32.2. The van der Waals surface area contributed by atoms with Gasteiger partial charge >= 0.3 is 0 Å². The Bertz CT molecular complexity index is 1150. The molecule has 1 N–H and O–H groups in total. The van der Waals surface area contributed by atoms with Crippen LogP contribution in [0.5, 0.6) is 5.75 Å². The Morgan fingerprint density at radius 2 is 1.90 bits per heavy atom. The maximum atomic E-state index is 13.9. The van der Waals surface area contributed by atoms with Crippen LogP contribution < -0.4 is 10.1 Å². The van der Waals surface area contributed by atoms with Crippen molar-refractivity contribution in [2.45, 2.75) is 18.7 Å². The number of thiophene rings is 1. The van der Waals surface area contributed by atoms with Gasteiger partial charge in [-0.2, -0.15) is 4.31 Å². The van der Waals surface area contributed by atoms with Gasteiger partial charge in [-0.1, -0.05) is 19.9 Å². The lowest BCUT2D eigenvalue weighted by molar-refractivity contribution is 0.103. The first-order valence-corrected chi connectivity index (χ1v) is 11.2.